The number of aromatic carboxylic acids is 1. The lowest BCUT2D eigenvalue weighted by Crippen LogP contribution is -2.03. The zero-order valence-electron chi connectivity index (χ0n) is 12.1. The van der Waals surface area contributed by atoms with Crippen LogP contribution in [0.1, 0.15) is 21.6 Å². The molecule has 3 rings (SSSR count). The van der Waals surface area contributed by atoms with E-state index in [1.54, 1.807) is 31.4 Å². The zero-order chi connectivity index (χ0) is 15.5. The molecule has 0 bridgehead atoms. The molecule has 0 unspecified atom stereocenters. The molecule has 0 aliphatic rings. The third-order valence-corrected chi connectivity index (χ3v) is 3.53. The Balaban J connectivity index is 2.12. The predicted molar refractivity (Wildman–Crippen MR) is 84.5 cm³/mol. The Labute approximate surface area is 128 Å². The first-order chi connectivity index (χ1) is 10.7. The van der Waals surface area contributed by atoms with Crippen LogP contribution in [0.15, 0.2) is 54.6 Å². The summed E-state index contributed by atoms with van der Waals surface area (Å²) in [7, 11) is 1.58. The van der Waals surface area contributed by atoms with Gasteiger partial charge in [-0.2, -0.15) is 0 Å². The van der Waals surface area contributed by atoms with Gasteiger partial charge in [-0.1, -0.05) is 30.3 Å². The van der Waals surface area contributed by atoms with Gasteiger partial charge < -0.3 is 9.84 Å². The van der Waals surface area contributed by atoms with Crippen molar-refractivity contribution in [3.63, 3.8) is 0 Å². The standard InChI is InChI=1S/C18H15NO3/c1-22-14-7-8-15-16(18(20)21)10-13(19-17(15)11-14)9-12-5-3-2-4-6-12/h2-8,10-11H,9H2,1H3,(H,20,21). The van der Waals surface area contributed by atoms with Crippen LogP contribution < -0.4 is 4.74 Å². The Morgan fingerprint density at radius 2 is 1.91 bits per heavy atom. The van der Waals surface area contributed by atoms with E-state index in [-0.39, 0.29) is 5.56 Å². The molecular weight excluding hydrogens is 278 g/mol. The molecule has 0 saturated carbocycles. The fourth-order valence-corrected chi connectivity index (χ4v) is 2.46. The Morgan fingerprint density at radius 3 is 2.59 bits per heavy atom. The van der Waals surface area contributed by atoms with Gasteiger partial charge in [0.1, 0.15) is 5.75 Å². The summed E-state index contributed by atoms with van der Waals surface area (Å²) in [5.41, 5.74) is 2.71. The monoisotopic (exact) mass is 293 g/mol. The molecule has 3 aromatic rings. The fourth-order valence-electron chi connectivity index (χ4n) is 2.46. The molecule has 1 heterocycles. The minimum atomic E-state index is -0.952. The van der Waals surface area contributed by atoms with Crippen molar-refractivity contribution in [1.29, 1.82) is 0 Å². The summed E-state index contributed by atoms with van der Waals surface area (Å²) in [5, 5.41) is 10.1. The van der Waals surface area contributed by atoms with Crippen LogP contribution in [0.25, 0.3) is 10.9 Å². The maximum atomic E-state index is 11.5. The number of carbonyl (C=O) groups is 1. The van der Waals surface area contributed by atoms with E-state index in [1.807, 2.05) is 30.3 Å². The van der Waals surface area contributed by atoms with Crippen molar-refractivity contribution >= 4 is 16.9 Å². The van der Waals surface area contributed by atoms with E-state index in [1.165, 1.54) is 0 Å². The Kier molecular flexibility index (Phi) is 3.74. The van der Waals surface area contributed by atoms with Crippen LogP contribution in [0.4, 0.5) is 0 Å². The SMILES string of the molecule is COc1ccc2c(C(=O)O)cc(Cc3ccccc3)nc2c1. The average Bonchev–Trinajstić information content (AvgIpc) is 2.54. The molecular formula is C18H15NO3. The van der Waals surface area contributed by atoms with Gasteiger partial charge in [0.2, 0.25) is 0 Å². The summed E-state index contributed by atoms with van der Waals surface area (Å²) < 4.78 is 5.19. The summed E-state index contributed by atoms with van der Waals surface area (Å²) in [5.74, 6) is -0.292. The summed E-state index contributed by atoms with van der Waals surface area (Å²) >= 11 is 0. The fraction of sp³-hybridized carbons (Fsp3) is 0.111. The van der Waals surface area contributed by atoms with Gasteiger partial charge in [0.25, 0.3) is 0 Å². The van der Waals surface area contributed by atoms with Gasteiger partial charge in [-0.25, -0.2) is 4.79 Å². The van der Waals surface area contributed by atoms with Crippen molar-refractivity contribution in [2.24, 2.45) is 0 Å². The average molecular weight is 293 g/mol. The third-order valence-electron chi connectivity index (χ3n) is 3.53. The smallest absolute Gasteiger partial charge is 0.336 e. The molecule has 0 amide bonds. The molecule has 0 aliphatic heterocycles. The van der Waals surface area contributed by atoms with Crippen molar-refractivity contribution in [3.8, 4) is 5.75 Å². The highest BCUT2D eigenvalue weighted by molar-refractivity contribution is 6.02. The first kappa shape index (κ1) is 14.1. The van der Waals surface area contributed by atoms with Gasteiger partial charge in [-0.05, 0) is 23.8 Å². The molecule has 4 heteroatoms. The molecule has 0 radical (unpaired) electrons. The van der Waals surface area contributed by atoms with E-state index in [2.05, 4.69) is 4.98 Å². The normalized spacial score (nSPS) is 10.6. The highest BCUT2D eigenvalue weighted by Crippen LogP contribution is 2.24. The van der Waals surface area contributed by atoms with E-state index in [0.29, 0.717) is 23.1 Å². The summed E-state index contributed by atoms with van der Waals surface area (Å²) in [6, 6.07) is 16.7. The molecule has 22 heavy (non-hydrogen) atoms. The van der Waals surface area contributed by atoms with Gasteiger partial charge in [0.05, 0.1) is 18.2 Å². The van der Waals surface area contributed by atoms with E-state index in [9.17, 15) is 9.90 Å². The molecule has 1 N–H and O–H groups in total. The molecule has 0 fully saturated rings. The minimum Gasteiger partial charge on any atom is -0.497 e. The summed E-state index contributed by atoms with van der Waals surface area (Å²) in [6.45, 7) is 0. The van der Waals surface area contributed by atoms with Crippen LogP contribution in [0.2, 0.25) is 0 Å². The number of methoxy groups -OCH3 is 1. The first-order valence-electron chi connectivity index (χ1n) is 6.92. The second-order valence-electron chi connectivity index (χ2n) is 5.01. The number of pyridine rings is 1. The Morgan fingerprint density at radius 1 is 1.14 bits per heavy atom. The van der Waals surface area contributed by atoms with Crippen LogP contribution in [0.3, 0.4) is 0 Å². The number of benzene rings is 2. The van der Waals surface area contributed by atoms with E-state index >= 15 is 0 Å². The second-order valence-corrected chi connectivity index (χ2v) is 5.01. The van der Waals surface area contributed by atoms with Crippen LogP contribution in [-0.4, -0.2) is 23.2 Å². The molecule has 110 valence electrons. The quantitative estimate of drug-likeness (QED) is 0.799. The molecule has 0 saturated heterocycles. The van der Waals surface area contributed by atoms with Gasteiger partial charge >= 0.3 is 5.97 Å². The molecule has 4 nitrogen and oxygen atoms in total. The summed E-state index contributed by atoms with van der Waals surface area (Å²) in [6.07, 6.45) is 0.592. The maximum absolute atomic E-state index is 11.5. The molecule has 0 spiro atoms. The van der Waals surface area contributed by atoms with Crippen molar-refractivity contribution in [3.05, 3.63) is 71.4 Å². The number of nitrogens with zero attached hydrogens (tertiary/aromatic N) is 1. The Bertz CT molecular complexity index is 828. The van der Waals surface area contributed by atoms with Crippen molar-refractivity contribution < 1.29 is 14.6 Å². The highest BCUT2D eigenvalue weighted by atomic mass is 16.5. The maximum Gasteiger partial charge on any atom is 0.336 e. The lowest BCUT2D eigenvalue weighted by atomic mass is 10.0. The lowest BCUT2D eigenvalue weighted by molar-refractivity contribution is 0.0699. The van der Waals surface area contributed by atoms with Crippen molar-refractivity contribution in [2.45, 2.75) is 6.42 Å². The molecule has 0 atom stereocenters. The Hall–Kier alpha value is -2.88. The van der Waals surface area contributed by atoms with E-state index in [4.69, 9.17) is 4.74 Å². The topological polar surface area (TPSA) is 59.4 Å². The first-order valence-corrected chi connectivity index (χ1v) is 6.92. The molecule has 0 aliphatic carbocycles. The predicted octanol–water partition coefficient (Wildman–Crippen LogP) is 3.53. The number of carboxylic acid groups (broad SMARTS) is 1. The molecule has 2 aromatic carbocycles. The lowest BCUT2D eigenvalue weighted by Gasteiger charge is -2.08. The third kappa shape index (κ3) is 2.76. The number of rotatable bonds is 4. The van der Waals surface area contributed by atoms with Gasteiger partial charge in [-0.3, -0.25) is 4.98 Å². The van der Waals surface area contributed by atoms with E-state index < -0.39 is 5.97 Å². The number of aromatic nitrogens is 1. The van der Waals surface area contributed by atoms with Gasteiger partial charge in [-0.15, -0.1) is 0 Å². The number of fused-ring (bicyclic) bond motifs is 1. The van der Waals surface area contributed by atoms with Crippen LogP contribution in [0, 0.1) is 0 Å². The number of ether oxygens (including phenoxy) is 1. The van der Waals surface area contributed by atoms with Gasteiger partial charge in [0, 0.05) is 23.6 Å². The second kappa shape index (κ2) is 5.85. The van der Waals surface area contributed by atoms with Gasteiger partial charge in [0.15, 0.2) is 0 Å². The zero-order valence-corrected chi connectivity index (χ0v) is 12.1. The van der Waals surface area contributed by atoms with Crippen molar-refractivity contribution in [2.75, 3.05) is 7.11 Å². The number of hydrogen-bond donors (Lipinski definition) is 1. The van der Waals surface area contributed by atoms with E-state index in [0.717, 1.165) is 11.3 Å². The molecule has 1 aromatic heterocycles. The minimum absolute atomic E-state index is 0.263. The number of carboxylic acids is 1. The van der Waals surface area contributed by atoms with Crippen LogP contribution >= 0.6 is 0 Å². The number of hydrogen-bond acceptors (Lipinski definition) is 3. The van der Waals surface area contributed by atoms with Crippen molar-refractivity contribution in [1.82, 2.24) is 4.98 Å². The highest BCUT2D eigenvalue weighted by Gasteiger charge is 2.13. The largest absolute Gasteiger partial charge is 0.497 e. The van der Waals surface area contributed by atoms with Crippen LogP contribution in [0.5, 0.6) is 5.75 Å². The van der Waals surface area contributed by atoms with Crippen LogP contribution in [-0.2, 0) is 6.42 Å². The summed E-state index contributed by atoms with van der Waals surface area (Å²) in [4.78, 5) is 16.1.